The average Bonchev–Trinajstić information content (AvgIpc) is 2.43. The van der Waals surface area contributed by atoms with Gasteiger partial charge in [0.25, 0.3) is 0 Å². The second-order valence-electron chi connectivity index (χ2n) is 4.50. The third kappa shape index (κ3) is 4.00. The quantitative estimate of drug-likeness (QED) is 0.783. The molecule has 0 amide bonds. The van der Waals surface area contributed by atoms with Gasteiger partial charge in [0, 0.05) is 11.4 Å². The molecule has 2 rings (SSSR count). The fourth-order valence-electron chi connectivity index (χ4n) is 1.78. The Labute approximate surface area is 132 Å². The largest absolute Gasteiger partial charge is 0.474 e. The van der Waals surface area contributed by atoms with E-state index in [1.807, 2.05) is 31.2 Å². The number of ether oxygens (including phenoxy) is 1. The molecule has 2 nitrogen and oxygen atoms in total. The molecule has 0 aromatic heterocycles. The van der Waals surface area contributed by atoms with Gasteiger partial charge in [-0.3, -0.25) is 0 Å². The zero-order valence-electron chi connectivity index (χ0n) is 10.9. The molecule has 0 saturated heterocycles. The maximum absolute atomic E-state index is 9.23. The van der Waals surface area contributed by atoms with Crippen molar-refractivity contribution in [1.82, 2.24) is 0 Å². The third-order valence-electron chi connectivity index (χ3n) is 2.85. The van der Waals surface area contributed by atoms with E-state index in [-0.39, 0.29) is 0 Å². The second-order valence-corrected chi connectivity index (χ2v) is 5.79. The molecule has 1 atom stereocenters. The van der Waals surface area contributed by atoms with Gasteiger partial charge in [-0.1, -0.05) is 41.4 Å². The van der Waals surface area contributed by atoms with Crippen molar-refractivity contribution in [3.8, 4) is 11.8 Å². The molecule has 0 N–H and O–H groups in total. The van der Waals surface area contributed by atoms with Gasteiger partial charge in [-0.2, -0.15) is 5.26 Å². The van der Waals surface area contributed by atoms with Crippen LogP contribution in [0.4, 0.5) is 0 Å². The highest BCUT2D eigenvalue weighted by atomic mass is 79.9. The first-order valence-corrected chi connectivity index (χ1v) is 7.32. The number of nitrogens with zero attached hydrogens (tertiary/aromatic N) is 1. The highest BCUT2D eigenvalue weighted by molar-refractivity contribution is 9.10. The smallest absolute Gasteiger partial charge is 0.188 e. The van der Waals surface area contributed by atoms with Gasteiger partial charge in [0.2, 0.25) is 0 Å². The number of aryl methyl sites for hydroxylation is 1. The van der Waals surface area contributed by atoms with E-state index >= 15 is 0 Å². The lowest BCUT2D eigenvalue weighted by Gasteiger charge is -2.14. The molecule has 0 fully saturated rings. The van der Waals surface area contributed by atoms with Gasteiger partial charge < -0.3 is 4.74 Å². The number of rotatable bonds is 4. The van der Waals surface area contributed by atoms with Crippen molar-refractivity contribution in [2.24, 2.45) is 0 Å². The Morgan fingerprint density at radius 3 is 2.55 bits per heavy atom. The van der Waals surface area contributed by atoms with Gasteiger partial charge in [-0.25, -0.2) is 0 Å². The minimum atomic E-state index is -0.532. The number of hydrogen-bond acceptors (Lipinski definition) is 2. The van der Waals surface area contributed by atoms with Gasteiger partial charge in [0.15, 0.2) is 6.10 Å². The van der Waals surface area contributed by atoms with Crippen molar-refractivity contribution in [3.05, 3.63) is 63.1 Å². The summed E-state index contributed by atoms with van der Waals surface area (Å²) in [6, 6.07) is 15.5. The molecule has 0 aliphatic carbocycles. The molecule has 0 heterocycles. The van der Waals surface area contributed by atoms with Gasteiger partial charge in [-0.05, 0) is 46.6 Å². The Hall–Kier alpha value is -1.50. The van der Waals surface area contributed by atoms with Crippen LogP contribution in [-0.2, 0) is 6.42 Å². The summed E-state index contributed by atoms with van der Waals surface area (Å²) in [5.41, 5.74) is 2.27. The molecule has 0 bridgehead atoms. The van der Waals surface area contributed by atoms with Crippen molar-refractivity contribution in [3.63, 3.8) is 0 Å². The monoisotopic (exact) mass is 349 g/mol. The van der Waals surface area contributed by atoms with Crippen LogP contribution in [0.2, 0.25) is 5.02 Å². The first-order chi connectivity index (χ1) is 9.58. The molecule has 0 saturated carbocycles. The summed E-state index contributed by atoms with van der Waals surface area (Å²) in [6.07, 6.45) is 0.0152. The van der Waals surface area contributed by atoms with Gasteiger partial charge in [0.1, 0.15) is 11.8 Å². The molecule has 0 aliphatic rings. The van der Waals surface area contributed by atoms with E-state index in [4.69, 9.17) is 16.3 Å². The van der Waals surface area contributed by atoms with Gasteiger partial charge in [0.05, 0.1) is 4.47 Å². The van der Waals surface area contributed by atoms with Crippen molar-refractivity contribution >= 4 is 27.5 Å². The first kappa shape index (κ1) is 14.9. The van der Waals surface area contributed by atoms with Crippen LogP contribution in [0.1, 0.15) is 11.1 Å². The minimum Gasteiger partial charge on any atom is -0.474 e. The molecule has 0 unspecified atom stereocenters. The second kappa shape index (κ2) is 6.78. The Morgan fingerprint density at radius 1 is 1.25 bits per heavy atom. The maximum Gasteiger partial charge on any atom is 0.188 e. The summed E-state index contributed by atoms with van der Waals surface area (Å²) in [7, 11) is 0. The van der Waals surface area contributed by atoms with Crippen molar-refractivity contribution in [2.45, 2.75) is 19.4 Å². The molecule has 0 spiro atoms. The van der Waals surface area contributed by atoms with Crippen molar-refractivity contribution < 1.29 is 4.74 Å². The number of benzene rings is 2. The molecular weight excluding hydrogens is 338 g/mol. The molecule has 2 aromatic rings. The van der Waals surface area contributed by atoms with Crippen LogP contribution in [-0.4, -0.2) is 6.10 Å². The molecule has 2 aromatic carbocycles. The highest BCUT2D eigenvalue weighted by Gasteiger charge is 2.12. The maximum atomic E-state index is 9.23. The highest BCUT2D eigenvalue weighted by Crippen LogP contribution is 2.29. The Morgan fingerprint density at radius 2 is 1.95 bits per heavy atom. The normalized spacial score (nSPS) is 11.7. The van der Waals surface area contributed by atoms with Crippen LogP contribution < -0.4 is 4.74 Å². The van der Waals surface area contributed by atoms with Crippen LogP contribution in [0.3, 0.4) is 0 Å². The van der Waals surface area contributed by atoms with E-state index < -0.39 is 6.10 Å². The molecule has 4 heteroatoms. The topological polar surface area (TPSA) is 33.0 Å². The number of nitriles is 1. The average molecular weight is 351 g/mol. The zero-order chi connectivity index (χ0) is 14.5. The van der Waals surface area contributed by atoms with Gasteiger partial charge >= 0.3 is 0 Å². The number of hydrogen-bond donors (Lipinski definition) is 0. The molecule has 0 aliphatic heterocycles. The Kier molecular flexibility index (Phi) is 5.05. The van der Waals surface area contributed by atoms with E-state index in [0.29, 0.717) is 17.2 Å². The summed E-state index contributed by atoms with van der Waals surface area (Å²) in [6.45, 7) is 2.03. The van der Waals surface area contributed by atoms with Crippen LogP contribution in [0.5, 0.6) is 5.75 Å². The lowest BCUT2D eigenvalue weighted by Crippen LogP contribution is -2.17. The predicted molar refractivity (Wildman–Crippen MR) is 84.1 cm³/mol. The summed E-state index contributed by atoms with van der Waals surface area (Å²) in [4.78, 5) is 0. The molecule has 0 radical (unpaired) electrons. The lowest BCUT2D eigenvalue weighted by molar-refractivity contribution is 0.255. The van der Waals surface area contributed by atoms with Gasteiger partial charge in [-0.15, -0.1) is 0 Å². The summed E-state index contributed by atoms with van der Waals surface area (Å²) in [5, 5.41) is 9.85. The minimum absolute atomic E-state index is 0.532. The third-order valence-corrected chi connectivity index (χ3v) is 3.70. The lowest BCUT2D eigenvalue weighted by atomic mass is 10.1. The number of halogens is 2. The predicted octanol–water partition coefficient (Wildman–Crippen LogP) is 4.92. The molecular formula is C16H13BrClNO. The van der Waals surface area contributed by atoms with E-state index in [9.17, 15) is 5.26 Å². The fourth-order valence-corrected chi connectivity index (χ4v) is 2.55. The standard InChI is InChI=1S/C16H13BrClNO/c1-11-2-4-12(5-3-11)8-14(10-19)20-16-7-6-13(18)9-15(16)17/h2-7,9,14H,8H2,1H3/t14-/m0/s1. The fraction of sp³-hybridized carbons (Fsp3) is 0.188. The van der Waals surface area contributed by atoms with Crippen LogP contribution in [0.15, 0.2) is 46.9 Å². The zero-order valence-corrected chi connectivity index (χ0v) is 13.3. The van der Waals surface area contributed by atoms with Crippen LogP contribution in [0.25, 0.3) is 0 Å². The van der Waals surface area contributed by atoms with E-state index in [0.717, 1.165) is 10.0 Å². The first-order valence-electron chi connectivity index (χ1n) is 6.15. The molecule has 102 valence electrons. The summed E-state index contributed by atoms with van der Waals surface area (Å²) in [5.74, 6) is 0.619. The van der Waals surface area contributed by atoms with Crippen molar-refractivity contribution in [1.29, 1.82) is 5.26 Å². The van der Waals surface area contributed by atoms with Crippen LogP contribution >= 0.6 is 27.5 Å². The Bertz CT molecular complexity index is 634. The van der Waals surface area contributed by atoms with Crippen molar-refractivity contribution in [2.75, 3.05) is 0 Å². The van der Waals surface area contributed by atoms with E-state index in [1.165, 1.54) is 5.56 Å². The SMILES string of the molecule is Cc1ccc(C[C@@H](C#N)Oc2ccc(Cl)cc2Br)cc1. The van der Waals surface area contributed by atoms with E-state index in [2.05, 4.69) is 22.0 Å². The molecule has 20 heavy (non-hydrogen) atoms. The van der Waals surface area contributed by atoms with E-state index in [1.54, 1.807) is 18.2 Å². The Balaban J connectivity index is 2.09. The summed E-state index contributed by atoms with van der Waals surface area (Å²) < 4.78 is 6.46. The summed E-state index contributed by atoms with van der Waals surface area (Å²) >= 11 is 9.26. The van der Waals surface area contributed by atoms with Crippen LogP contribution in [0, 0.1) is 18.3 Å².